The van der Waals surface area contributed by atoms with Gasteiger partial charge in [-0.05, 0) is 19.9 Å². The average Bonchev–Trinajstić information content (AvgIpc) is 2.39. The molecule has 1 fully saturated rings. The Bertz CT molecular complexity index is 357. The second-order valence-electron chi connectivity index (χ2n) is 4.78. The van der Waals surface area contributed by atoms with Crippen molar-refractivity contribution in [2.75, 3.05) is 26.9 Å². The summed E-state index contributed by atoms with van der Waals surface area (Å²) >= 11 is 0. The van der Waals surface area contributed by atoms with E-state index in [1.54, 1.807) is 13.8 Å². The molecule has 0 bridgehead atoms. The predicted octanol–water partition coefficient (Wildman–Crippen LogP) is 0.166. The van der Waals surface area contributed by atoms with Gasteiger partial charge in [0.25, 0.3) is 0 Å². The first-order valence-electron chi connectivity index (χ1n) is 5.89. The van der Waals surface area contributed by atoms with Crippen LogP contribution in [0.1, 0.15) is 13.8 Å². The molecule has 7 heteroatoms. The zero-order chi connectivity index (χ0) is 14.5. The molecule has 1 rings (SSSR count). The van der Waals surface area contributed by atoms with E-state index in [-0.39, 0.29) is 25.7 Å². The summed E-state index contributed by atoms with van der Waals surface area (Å²) in [5, 5.41) is 5.02. The maximum Gasteiger partial charge on any atom is 0.406 e. The van der Waals surface area contributed by atoms with E-state index in [0.29, 0.717) is 0 Å². The fourth-order valence-corrected chi connectivity index (χ4v) is 1.49. The molecule has 0 radical (unpaired) electrons. The number of hydrogen-bond donors (Lipinski definition) is 2. The van der Waals surface area contributed by atoms with E-state index in [1.807, 2.05) is 0 Å². The van der Waals surface area contributed by atoms with Gasteiger partial charge in [-0.2, -0.15) is 0 Å². The van der Waals surface area contributed by atoms with Crippen molar-refractivity contribution in [3.05, 3.63) is 12.7 Å². The van der Waals surface area contributed by atoms with Gasteiger partial charge >= 0.3 is 6.09 Å². The molecule has 0 unspecified atom stereocenters. The maximum absolute atomic E-state index is 11.5. The molecule has 0 atom stereocenters. The normalized spacial score (nSPS) is 20.2. The highest BCUT2D eigenvalue weighted by atomic mass is 16.7. The van der Waals surface area contributed by atoms with E-state index in [4.69, 9.17) is 14.2 Å². The summed E-state index contributed by atoms with van der Waals surface area (Å²) < 4.78 is 16.0. The van der Waals surface area contributed by atoms with E-state index in [9.17, 15) is 9.59 Å². The van der Waals surface area contributed by atoms with Crippen LogP contribution in [-0.2, 0) is 19.0 Å². The van der Waals surface area contributed by atoms with E-state index in [2.05, 4.69) is 17.2 Å². The van der Waals surface area contributed by atoms with Crippen LogP contribution in [0.15, 0.2) is 12.7 Å². The minimum atomic E-state index is -0.909. The lowest BCUT2D eigenvalue weighted by molar-refractivity contribution is -0.274. The van der Waals surface area contributed by atoms with E-state index < -0.39 is 17.4 Å². The van der Waals surface area contributed by atoms with Gasteiger partial charge in [-0.25, -0.2) is 4.79 Å². The summed E-state index contributed by atoms with van der Waals surface area (Å²) in [7, 11) is 1.45. The summed E-state index contributed by atoms with van der Waals surface area (Å²) in [6.07, 6.45) is 0.554. The molecule has 0 saturated carbocycles. The number of carbonyl (C=O) groups is 2. The summed E-state index contributed by atoms with van der Waals surface area (Å²) in [5.74, 6) is -1.11. The molecule has 1 aliphatic heterocycles. The van der Waals surface area contributed by atoms with E-state index >= 15 is 0 Å². The monoisotopic (exact) mass is 272 g/mol. The molecule has 0 aliphatic carbocycles. The highest BCUT2D eigenvalue weighted by Gasteiger charge is 2.42. The molecule has 7 nitrogen and oxygen atoms in total. The zero-order valence-corrected chi connectivity index (χ0v) is 11.4. The van der Waals surface area contributed by atoms with Crippen molar-refractivity contribution in [2.45, 2.75) is 25.2 Å². The molecule has 1 aliphatic rings. The summed E-state index contributed by atoms with van der Waals surface area (Å²) in [5.41, 5.74) is -0.909. The van der Waals surface area contributed by atoms with Crippen LogP contribution in [0.3, 0.4) is 0 Å². The molecule has 2 amide bonds. The van der Waals surface area contributed by atoms with Crippen LogP contribution >= 0.6 is 0 Å². The van der Waals surface area contributed by atoms with Crippen molar-refractivity contribution >= 4 is 12.0 Å². The van der Waals surface area contributed by atoms with E-state index in [1.165, 1.54) is 7.05 Å². The van der Waals surface area contributed by atoms with Crippen LogP contribution in [0.25, 0.3) is 0 Å². The molecule has 108 valence electrons. The summed E-state index contributed by atoms with van der Waals surface area (Å²) in [4.78, 5) is 22.6. The van der Waals surface area contributed by atoms with Gasteiger partial charge in [-0.15, -0.1) is 0 Å². The van der Waals surface area contributed by atoms with Crippen molar-refractivity contribution in [3.8, 4) is 0 Å². The van der Waals surface area contributed by atoms with Crippen molar-refractivity contribution in [3.63, 3.8) is 0 Å². The van der Waals surface area contributed by atoms with E-state index in [0.717, 1.165) is 6.08 Å². The molecule has 2 N–H and O–H groups in total. The smallest absolute Gasteiger partial charge is 0.406 e. The Balaban J connectivity index is 2.71. The Labute approximate surface area is 112 Å². The Hall–Kier alpha value is -1.60. The Morgan fingerprint density at radius 1 is 1.37 bits per heavy atom. The van der Waals surface area contributed by atoms with Gasteiger partial charge in [0.1, 0.15) is 12.1 Å². The highest BCUT2D eigenvalue weighted by molar-refractivity contribution is 5.87. The van der Waals surface area contributed by atoms with Crippen LogP contribution in [0.2, 0.25) is 0 Å². The zero-order valence-electron chi connectivity index (χ0n) is 11.4. The lowest BCUT2D eigenvalue weighted by Gasteiger charge is -2.43. The SMILES string of the molecule is C=CC(=O)NC1(COC(=O)NC)COC(C)(C)OC1. The topological polar surface area (TPSA) is 85.9 Å². The van der Waals surface area contributed by atoms with Crippen molar-refractivity contribution in [1.29, 1.82) is 0 Å². The van der Waals surface area contributed by atoms with Gasteiger partial charge in [0, 0.05) is 7.05 Å². The Kier molecular flexibility index (Phi) is 4.90. The fourth-order valence-electron chi connectivity index (χ4n) is 1.49. The summed E-state index contributed by atoms with van der Waals surface area (Å²) in [6.45, 7) is 7.22. The molecular formula is C12H20N2O5. The number of rotatable bonds is 4. The number of carbonyl (C=O) groups excluding carboxylic acids is 2. The molecule has 0 aromatic rings. The predicted molar refractivity (Wildman–Crippen MR) is 67.5 cm³/mol. The number of amides is 2. The van der Waals surface area contributed by atoms with Gasteiger partial charge in [-0.3, -0.25) is 4.79 Å². The Morgan fingerprint density at radius 2 is 1.95 bits per heavy atom. The Morgan fingerprint density at radius 3 is 2.42 bits per heavy atom. The van der Waals surface area contributed by atoms with Gasteiger partial charge in [-0.1, -0.05) is 6.58 Å². The van der Waals surface area contributed by atoms with Gasteiger partial charge in [0.2, 0.25) is 5.91 Å². The second-order valence-corrected chi connectivity index (χ2v) is 4.78. The summed E-state index contributed by atoms with van der Waals surface area (Å²) in [6, 6.07) is 0. The van der Waals surface area contributed by atoms with Gasteiger partial charge in [0.05, 0.1) is 13.2 Å². The van der Waals surface area contributed by atoms with Crippen LogP contribution in [0, 0.1) is 0 Å². The van der Waals surface area contributed by atoms with Crippen LogP contribution in [-0.4, -0.2) is 50.2 Å². The van der Waals surface area contributed by atoms with Crippen molar-refractivity contribution in [2.24, 2.45) is 0 Å². The first-order valence-corrected chi connectivity index (χ1v) is 5.89. The third-order valence-electron chi connectivity index (χ3n) is 2.65. The first-order chi connectivity index (χ1) is 8.82. The van der Waals surface area contributed by atoms with Crippen molar-refractivity contribution < 1.29 is 23.8 Å². The van der Waals surface area contributed by atoms with Crippen LogP contribution < -0.4 is 10.6 Å². The van der Waals surface area contributed by atoms with Crippen molar-refractivity contribution in [1.82, 2.24) is 10.6 Å². The lowest BCUT2D eigenvalue weighted by atomic mass is 10.0. The maximum atomic E-state index is 11.5. The average molecular weight is 272 g/mol. The minimum absolute atomic E-state index is 0.0532. The molecule has 1 heterocycles. The molecule has 0 aromatic carbocycles. The molecule has 0 spiro atoms. The number of alkyl carbamates (subject to hydrolysis) is 1. The van der Waals surface area contributed by atoms with Crippen LogP contribution in [0.4, 0.5) is 4.79 Å². The van der Waals surface area contributed by atoms with Gasteiger partial charge in [0.15, 0.2) is 5.79 Å². The molecule has 1 saturated heterocycles. The standard InChI is InChI=1S/C12H20N2O5/c1-5-9(15)14-12(6-17-10(16)13-4)7-18-11(2,3)19-8-12/h5H,1,6-8H2,2-4H3,(H,13,16)(H,14,15). The molecule has 19 heavy (non-hydrogen) atoms. The largest absolute Gasteiger partial charge is 0.447 e. The molecular weight excluding hydrogens is 252 g/mol. The minimum Gasteiger partial charge on any atom is -0.447 e. The lowest BCUT2D eigenvalue weighted by Crippen LogP contribution is -2.63. The van der Waals surface area contributed by atoms with Crippen LogP contribution in [0.5, 0.6) is 0 Å². The third kappa shape index (κ3) is 4.53. The number of nitrogens with one attached hydrogen (secondary N) is 2. The first kappa shape index (κ1) is 15.5. The third-order valence-corrected chi connectivity index (χ3v) is 2.65. The fraction of sp³-hybridized carbons (Fsp3) is 0.667. The highest BCUT2D eigenvalue weighted by Crippen LogP contribution is 2.24. The van der Waals surface area contributed by atoms with Gasteiger partial charge < -0.3 is 24.8 Å². The second kappa shape index (κ2) is 6.03. The molecule has 0 aromatic heterocycles. The quantitative estimate of drug-likeness (QED) is 0.712. The number of ether oxygens (including phenoxy) is 3. The number of hydrogen-bond acceptors (Lipinski definition) is 5.